The van der Waals surface area contributed by atoms with Gasteiger partial charge in [-0.15, -0.1) is 0 Å². The fraction of sp³-hybridized carbons (Fsp3) is 0.529. The Morgan fingerprint density at radius 2 is 1.71 bits per heavy atom. The van der Waals surface area contributed by atoms with Crippen LogP contribution in [0.15, 0.2) is 30.3 Å². The second kappa shape index (κ2) is 5.26. The number of hydrogen-bond acceptors (Lipinski definition) is 3. The van der Waals surface area contributed by atoms with Gasteiger partial charge < -0.3 is 5.32 Å². The number of fused-ring (bicyclic) bond motifs is 1. The van der Waals surface area contributed by atoms with Crippen molar-refractivity contribution in [3.05, 3.63) is 35.9 Å². The molecule has 4 atom stereocenters. The van der Waals surface area contributed by atoms with Crippen molar-refractivity contribution in [3.8, 4) is 0 Å². The number of nitrogens with zero attached hydrogens (tertiary/aromatic N) is 1. The van der Waals surface area contributed by atoms with Crippen molar-refractivity contribution in [3.63, 3.8) is 0 Å². The zero-order chi connectivity index (χ0) is 15.1. The quantitative estimate of drug-likeness (QED) is 0.864. The van der Waals surface area contributed by atoms with E-state index in [9.17, 15) is 9.59 Å². The van der Waals surface area contributed by atoms with Gasteiger partial charge in [0.1, 0.15) is 0 Å². The minimum absolute atomic E-state index is 0.0263. The van der Waals surface area contributed by atoms with E-state index in [0.29, 0.717) is 5.92 Å². The SMILES string of the molecule is CC(C)C[C@@H]1N[C@@H](c2ccccc2)[C@H]2C(=O)N(C)C(=O)[C@H]21. The smallest absolute Gasteiger partial charge is 0.234 e. The van der Waals surface area contributed by atoms with Gasteiger partial charge in [-0.25, -0.2) is 0 Å². The molecule has 2 aliphatic heterocycles. The van der Waals surface area contributed by atoms with Crippen LogP contribution in [0, 0.1) is 17.8 Å². The summed E-state index contributed by atoms with van der Waals surface area (Å²) in [6.07, 6.45) is 0.914. The summed E-state index contributed by atoms with van der Waals surface area (Å²) in [5.41, 5.74) is 1.09. The van der Waals surface area contributed by atoms with E-state index in [4.69, 9.17) is 0 Å². The van der Waals surface area contributed by atoms with Crippen LogP contribution in [-0.2, 0) is 9.59 Å². The van der Waals surface area contributed by atoms with Crippen molar-refractivity contribution >= 4 is 11.8 Å². The molecule has 0 spiro atoms. The molecule has 2 fully saturated rings. The maximum absolute atomic E-state index is 12.5. The van der Waals surface area contributed by atoms with Gasteiger partial charge in [-0.05, 0) is 17.9 Å². The molecule has 1 aromatic carbocycles. The molecule has 0 aromatic heterocycles. The number of likely N-dealkylation sites (tertiary alicyclic amines) is 1. The Hall–Kier alpha value is -1.68. The summed E-state index contributed by atoms with van der Waals surface area (Å²) in [6.45, 7) is 4.30. The molecule has 2 saturated heterocycles. The zero-order valence-corrected chi connectivity index (χ0v) is 12.7. The zero-order valence-electron chi connectivity index (χ0n) is 12.7. The minimum atomic E-state index is -0.256. The summed E-state index contributed by atoms with van der Waals surface area (Å²) in [7, 11) is 1.61. The van der Waals surface area contributed by atoms with E-state index in [0.717, 1.165) is 12.0 Å². The molecule has 4 nitrogen and oxygen atoms in total. The number of benzene rings is 1. The first-order chi connectivity index (χ1) is 10.0. The van der Waals surface area contributed by atoms with Crippen LogP contribution in [0.3, 0.4) is 0 Å². The van der Waals surface area contributed by atoms with Crippen LogP contribution in [0.25, 0.3) is 0 Å². The van der Waals surface area contributed by atoms with Gasteiger partial charge in [0.15, 0.2) is 0 Å². The third kappa shape index (κ3) is 2.27. The van der Waals surface area contributed by atoms with Crippen molar-refractivity contribution in [1.29, 1.82) is 0 Å². The molecule has 112 valence electrons. The first-order valence-corrected chi connectivity index (χ1v) is 7.63. The molecule has 2 heterocycles. The van der Waals surface area contributed by atoms with Crippen molar-refractivity contribution in [2.24, 2.45) is 17.8 Å². The molecule has 0 bridgehead atoms. The maximum atomic E-state index is 12.5. The number of rotatable bonds is 3. The summed E-state index contributed by atoms with van der Waals surface area (Å²) in [4.78, 5) is 26.2. The van der Waals surface area contributed by atoms with Gasteiger partial charge >= 0.3 is 0 Å². The molecule has 1 aromatic rings. The summed E-state index contributed by atoms with van der Waals surface area (Å²) in [6, 6.07) is 10.0. The molecule has 1 N–H and O–H groups in total. The van der Waals surface area contributed by atoms with Crippen LogP contribution in [0.2, 0.25) is 0 Å². The third-order valence-corrected chi connectivity index (χ3v) is 4.69. The molecule has 0 unspecified atom stereocenters. The van der Waals surface area contributed by atoms with Gasteiger partial charge in [-0.3, -0.25) is 14.5 Å². The van der Waals surface area contributed by atoms with Gasteiger partial charge in [-0.2, -0.15) is 0 Å². The Morgan fingerprint density at radius 3 is 2.33 bits per heavy atom. The van der Waals surface area contributed by atoms with Crippen LogP contribution < -0.4 is 5.32 Å². The lowest BCUT2D eigenvalue weighted by Gasteiger charge is -2.21. The number of hydrogen-bond donors (Lipinski definition) is 1. The summed E-state index contributed by atoms with van der Waals surface area (Å²) < 4.78 is 0. The second-order valence-corrected chi connectivity index (χ2v) is 6.58. The number of carbonyl (C=O) groups is 2. The molecule has 4 heteroatoms. The Morgan fingerprint density at radius 1 is 1.10 bits per heavy atom. The first-order valence-electron chi connectivity index (χ1n) is 7.63. The Balaban J connectivity index is 1.96. The molecule has 2 aliphatic rings. The van der Waals surface area contributed by atoms with Gasteiger partial charge in [0.2, 0.25) is 11.8 Å². The minimum Gasteiger partial charge on any atom is -0.306 e. The van der Waals surface area contributed by atoms with Crippen LogP contribution in [0.5, 0.6) is 0 Å². The van der Waals surface area contributed by atoms with Crippen LogP contribution in [0.4, 0.5) is 0 Å². The number of amides is 2. The summed E-state index contributed by atoms with van der Waals surface area (Å²) in [5, 5.41) is 3.55. The van der Waals surface area contributed by atoms with E-state index < -0.39 is 0 Å². The second-order valence-electron chi connectivity index (χ2n) is 6.58. The lowest BCUT2D eigenvalue weighted by atomic mass is 9.84. The highest BCUT2D eigenvalue weighted by atomic mass is 16.2. The van der Waals surface area contributed by atoms with E-state index in [1.54, 1.807) is 7.05 Å². The summed E-state index contributed by atoms with van der Waals surface area (Å²) >= 11 is 0. The monoisotopic (exact) mass is 286 g/mol. The summed E-state index contributed by atoms with van der Waals surface area (Å²) in [5.74, 6) is -0.0468. The van der Waals surface area contributed by atoms with Crippen molar-refractivity contribution in [2.75, 3.05) is 7.05 Å². The highest BCUT2D eigenvalue weighted by Gasteiger charge is 2.57. The Labute approximate surface area is 125 Å². The number of carbonyl (C=O) groups excluding carboxylic acids is 2. The van der Waals surface area contributed by atoms with Crippen molar-refractivity contribution in [1.82, 2.24) is 10.2 Å². The highest BCUT2D eigenvalue weighted by molar-refractivity contribution is 6.06. The van der Waals surface area contributed by atoms with E-state index in [2.05, 4.69) is 19.2 Å². The van der Waals surface area contributed by atoms with Gasteiger partial charge in [0.25, 0.3) is 0 Å². The molecule has 3 rings (SSSR count). The van der Waals surface area contributed by atoms with E-state index in [1.165, 1.54) is 4.90 Å². The fourth-order valence-corrected chi connectivity index (χ4v) is 3.76. The highest BCUT2D eigenvalue weighted by Crippen LogP contribution is 2.44. The normalized spacial score (nSPS) is 32.1. The standard InChI is InChI=1S/C17H22N2O2/c1-10(2)9-12-13-14(17(21)19(3)16(13)20)15(18-12)11-7-5-4-6-8-11/h4-8,10,12-15,18H,9H2,1-3H3/t12-,13-,14-,15-/m0/s1. The molecule has 2 amide bonds. The Bertz CT molecular complexity index is 555. The predicted molar refractivity (Wildman–Crippen MR) is 80.3 cm³/mol. The van der Waals surface area contributed by atoms with E-state index in [-0.39, 0.29) is 35.7 Å². The first kappa shape index (κ1) is 14.3. The maximum Gasteiger partial charge on any atom is 0.234 e. The topological polar surface area (TPSA) is 49.4 Å². The Kier molecular flexibility index (Phi) is 3.57. The van der Waals surface area contributed by atoms with Crippen LogP contribution in [-0.4, -0.2) is 29.8 Å². The number of nitrogens with one attached hydrogen (secondary N) is 1. The lowest BCUT2D eigenvalue weighted by molar-refractivity contribution is -0.139. The predicted octanol–water partition coefficient (Wildman–Crippen LogP) is 1.98. The molecule has 0 radical (unpaired) electrons. The van der Waals surface area contributed by atoms with Gasteiger partial charge in [0, 0.05) is 19.1 Å². The third-order valence-electron chi connectivity index (χ3n) is 4.69. The van der Waals surface area contributed by atoms with Crippen LogP contribution >= 0.6 is 0 Å². The van der Waals surface area contributed by atoms with E-state index in [1.807, 2.05) is 30.3 Å². The molecular formula is C17H22N2O2. The van der Waals surface area contributed by atoms with E-state index >= 15 is 0 Å². The van der Waals surface area contributed by atoms with Gasteiger partial charge in [0.05, 0.1) is 11.8 Å². The molecule has 0 saturated carbocycles. The average Bonchev–Trinajstić information content (AvgIpc) is 2.93. The van der Waals surface area contributed by atoms with Crippen molar-refractivity contribution < 1.29 is 9.59 Å². The van der Waals surface area contributed by atoms with Crippen LogP contribution in [0.1, 0.15) is 31.9 Å². The van der Waals surface area contributed by atoms with Gasteiger partial charge in [-0.1, -0.05) is 44.2 Å². The number of imide groups is 1. The molecule has 0 aliphatic carbocycles. The van der Waals surface area contributed by atoms with Crippen molar-refractivity contribution in [2.45, 2.75) is 32.4 Å². The molecule has 21 heavy (non-hydrogen) atoms. The fourth-order valence-electron chi connectivity index (χ4n) is 3.76. The lowest BCUT2D eigenvalue weighted by Crippen LogP contribution is -2.38. The molecular weight excluding hydrogens is 264 g/mol. The average molecular weight is 286 g/mol. The largest absolute Gasteiger partial charge is 0.306 e.